The summed E-state index contributed by atoms with van der Waals surface area (Å²) in [5.41, 5.74) is -0.794. The van der Waals surface area contributed by atoms with Crippen molar-refractivity contribution in [2.75, 3.05) is 6.61 Å². The van der Waals surface area contributed by atoms with Gasteiger partial charge in [-0.1, -0.05) is 32.0 Å². The van der Waals surface area contributed by atoms with Crippen molar-refractivity contribution in [2.24, 2.45) is 5.92 Å². The molecule has 0 fully saturated rings. The maximum Gasteiger partial charge on any atom is 0.331 e. The van der Waals surface area contributed by atoms with Gasteiger partial charge in [0.05, 0.1) is 6.07 Å². The van der Waals surface area contributed by atoms with Crippen LogP contribution in [0.4, 0.5) is 4.39 Å². The van der Waals surface area contributed by atoms with E-state index in [9.17, 15) is 14.0 Å². The SMILES string of the molecule is CC(C)[C@](C)(C#N)NC(=O)COC(=O)/C=C/c1ccccc1F. The van der Waals surface area contributed by atoms with Crippen LogP contribution in [0.15, 0.2) is 30.3 Å². The van der Waals surface area contributed by atoms with Crippen molar-refractivity contribution in [2.45, 2.75) is 26.3 Å². The molecule has 0 saturated carbocycles. The molecule has 1 aromatic rings. The summed E-state index contributed by atoms with van der Waals surface area (Å²) in [7, 11) is 0. The van der Waals surface area contributed by atoms with Crippen LogP contribution >= 0.6 is 0 Å². The van der Waals surface area contributed by atoms with E-state index >= 15 is 0 Å². The minimum Gasteiger partial charge on any atom is -0.452 e. The van der Waals surface area contributed by atoms with Gasteiger partial charge in [-0.05, 0) is 25.0 Å². The molecule has 1 aromatic carbocycles. The largest absolute Gasteiger partial charge is 0.452 e. The third kappa shape index (κ3) is 5.55. The maximum atomic E-state index is 13.4. The molecule has 1 N–H and O–H groups in total. The van der Waals surface area contributed by atoms with Crippen LogP contribution in [0.3, 0.4) is 0 Å². The lowest BCUT2D eigenvalue weighted by molar-refractivity contribution is -0.144. The molecule has 0 radical (unpaired) electrons. The van der Waals surface area contributed by atoms with Gasteiger partial charge in [0, 0.05) is 11.6 Å². The molecule has 0 heterocycles. The number of benzene rings is 1. The maximum absolute atomic E-state index is 13.4. The van der Waals surface area contributed by atoms with Gasteiger partial charge in [-0.25, -0.2) is 9.18 Å². The lowest BCUT2D eigenvalue weighted by Crippen LogP contribution is -2.50. The van der Waals surface area contributed by atoms with Crippen molar-refractivity contribution in [1.82, 2.24) is 5.32 Å². The highest BCUT2D eigenvalue weighted by Crippen LogP contribution is 2.14. The Kier molecular flexibility index (Phi) is 6.46. The minimum absolute atomic E-state index is 0.104. The molecule has 0 aliphatic carbocycles. The van der Waals surface area contributed by atoms with Crippen LogP contribution in [-0.2, 0) is 14.3 Å². The predicted octanol–water partition coefficient (Wildman–Crippen LogP) is 2.44. The summed E-state index contributed by atoms with van der Waals surface area (Å²) < 4.78 is 18.1. The number of ether oxygens (including phenoxy) is 1. The lowest BCUT2D eigenvalue weighted by atomic mass is 9.90. The Morgan fingerprint density at radius 3 is 2.65 bits per heavy atom. The summed E-state index contributed by atoms with van der Waals surface area (Å²) in [4.78, 5) is 23.3. The summed E-state index contributed by atoms with van der Waals surface area (Å²) in [5.74, 6) is -1.91. The van der Waals surface area contributed by atoms with Crippen LogP contribution < -0.4 is 5.32 Å². The first-order chi connectivity index (χ1) is 10.8. The van der Waals surface area contributed by atoms with Gasteiger partial charge in [-0.3, -0.25) is 4.79 Å². The van der Waals surface area contributed by atoms with E-state index in [2.05, 4.69) is 5.32 Å². The standard InChI is InChI=1S/C17H19FN2O3/c1-12(2)17(3,11-19)20-15(21)10-23-16(22)9-8-13-6-4-5-7-14(13)18/h4-9,12H,10H2,1-3H3,(H,20,21)/b9-8+/t17-/m0/s1. The molecule has 1 rings (SSSR count). The van der Waals surface area contributed by atoms with Crippen molar-refractivity contribution in [3.8, 4) is 6.07 Å². The summed E-state index contributed by atoms with van der Waals surface area (Å²) in [6.45, 7) is 4.68. The van der Waals surface area contributed by atoms with Gasteiger partial charge in [0.25, 0.3) is 5.91 Å². The highest BCUT2D eigenvalue weighted by Gasteiger charge is 2.30. The Balaban J connectivity index is 2.52. The molecule has 0 spiro atoms. The van der Waals surface area contributed by atoms with Crippen molar-refractivity contribution in [3.05, 3.63) is 41.7 Å². The van der Waals surface area contributed by atoms with Crippen molar-refractivity contribution < 1.29 is 18.7 Å². The molecule has 0 aromatic heterocycles. The molecule has 6 heteroatoms. The number of hydrogen-bond acceptors (Lipinski definition) is 4. The zero-order valence-electron chi connectivity index (χ0n) is 13.3. The average molecular weight is 318 g/mol. The summed E-state index contributed by atoms with van der Waals surface area (Å²) in [6.07, 6.45) is 2.31. The predicted molar refractivity (Wildman–Crippen MR) is 83.4 cm³/mol. The number of nitrogens with one attached hydrogen (secondary N) is 1. The quantitative estimate of drug-likeness (QED) is 0.645. The molecule has 1 atom stereocenters. The number of esters is 1. The number of carbonyl (C=O) groups excluding carboxylic acids is 2. The molecule has 122 valence electrons. The molecule has 0 saturated heterocycles. The first-order valence-electron chi connectivity index (χ1n) is 7.10. The Morgan fingerprint density at radius 2 is 2.09 bits per heavy atom. The fraction of sp³-hybridized carbons (Fsp3) is 0.353. The molecular weight excluding hydrogens is 299 g/mol. The Morgan fingerprint density at radius 1 is 1.43 bits per heavy atom. The van der Waals surface area contributed by atoms with E-state index in [1.807, 2.05) is 6.07 Å². The number of rotatable bonds is 6. The Hall–Kier alpha value is -2.68. The van der Waals surface area contributed by atoms with Crippen molar-refractivity contribution in [3.63, 3.8) is 0 Å². The van der Waals surface area contributed by atoms with Crippen LogP contribution in [-0.4, -0.2) is 24.0 Å². The second-order valence-corrected chi connectivity index (χ2v) is 5.48. The van der Waals surface area contributed by atoms with Crippen LogP contribution in [0.1, 0.15) is 26.3 Å². The highest BCUT2D eigenvalue weighted by molar-refractivity contribution is 5.89. The van der Waals surface area contributed by atoms with Crippen LogP contribution in [0.25, 0.3) is 6.08 Å². The highest BCUT2D eigenvalue weighted by atomic mass is 19.1. The van der Waals surface area contributed by atoms with Crippen LogP contribution in [0.5, 0.6) is 0 Å². The molecule has 0 aliphatic heterocycles. The zero-order chi connectivity index (χ0) is 17.5. The second kappa shape index (κ2) is 8.08. The van der Waals surface area contributed by atoms with E-state index in [0.29, 0.717) is 0 Å². The van der Waals surface area contributed by atoms with E-state index in [-0.39, 0.29) is 11.5 Å². The van der Waals surface area contributed by atoms with E-state index < -0.39 is 29.8 Å². The average Bonchev–Trinajstić information content (AvgIpc) is 2.51. The Bertz CT molecular complexity index is 649. The molecule has 23 heavy (non-hydrogen) atoms. The topological polar surface area (TPSA) is 79.2 Å². The Labute approximate surface area is 134 Å². The molecule has 0 aliphatic rings. The summed E-state index contributed by atoms with van der Waals surface area (Å²) in [5, 5.41) is 11.6. The molecule has 5 nitrogen and oxygen atoms in total. The summed E-state index contributed by atoms with van der Waals surface area (Å²) >= 11 is 0. The molecule has 0 unspecified atom stereocenters. The van der Waals surface area contributed by atoms with Gasteiger partial charge in [0.15, 0.2) is 6.61 Å². The fourth-order valence-corrected chi connectivity index (χ4v) is 1.58. The monoisotopic (exact) mass is 318 g/mol. The van der Waals surface area contributed by atoms with Crippen LogP contribution in [0.2, 0.25) is 0 Å². The van der Waals surface area contributed by atoms with E-state index in [4.69, 9.17) is 10.00 Å². The first kappa shape index (κ1) is 18.4. The van der Waals surface area contributed by atoms with E-state index in [0.717, 1.165) is 6.08 Å². The van der Waals surface area contributed by atoms with Gasteiger partial charge < -0.3 is 10.1 Å². The third-order valence-corrected chi connectivity index (χ3v) is 3.44. The lowest BCUT2D eigenvalue weighted by Gasteiger charge is -2.27. The number of amides is 1. The van der Waals surface area contributed by atoms with Gasteiger partial charge in [0.2, 0.25) is 0 Å². The second-order valence-electron chi connectivity index (χ2n) is 5.48. The van der Waals surface area contributed by atoms with Gasteiger partial charge >= 0.3 is 5.97 Å². The van der Waals surface area contributed by atoms with Gasteiger partial charge in [0.1, 0.15) is 11.4 Å². The van der Waals surface area contributed by atoms with Gasteiger partial charge in [-0.15, -0.1) is 0 Å². The minimum atomic E-state index is -1.04. The normalized spacial score (nSPS) is 13.4. The fourth-order valence-electron chi connectivity index (χ4n) is 1.58. The van der Waals surface area contributed by atoms with Crippen molar-refractivity contribution >= 4 is 18.0 Å². The van der Waals surface area contributed by atoms with E-state index in [1.54, 1.807) is 26.8 Å². The molecule has 0 bridgehead atoms. The number of carbonyl (C=O) groups is 2. The van der Waals surface area contributed by atoms with Crippen molar-refractivity contribution in [1.29, 1.82) is 5.26 Å². The number of hydrogen-bond donors (Lipinski definition) is 1. The number of nitriles is 1. The molecular formula is C17H19FN2O3. The first-order valence-corrected chi connectivity index (χ1v) is 7.10. The number of nitrogens with zero attached hydrogens (tertiary/aromatic N) is 1. The van der Waals surface area contributed by atoms with E-state index in [1.165, 1.54) is 24.3 Å². The number of halogens is 1. The van der Waals surface area contributed by atoms with Gasteiger partial charge in [-0.2, -0.15) is 5.26 Å². The summed E-state index contributed by atoms with van der Waals surface area (Å²) in [6, 6.07) is 7.97. The van der Waals surface area contributed by atoms with Crippen LogP contribution in [0, 0.1) is 23.1 Å². The smallest absolute Gasteiger partial charge is 0.331 e. The third-order valence-electron chi connectivity index (χ3n) is 3.44. The zero-order valence-corrected chi connectivity index (χ0v) is 13.3. The molecule has 1 amide bonds.